The summed E-state index contributed by atoms with van der Waals surface area (Å²) in [7, 11) is -2.16. The molecule has 2 atom stereocenters. The van der Waals surface area contributed by atoms with Crippen LogP contribution in [0.5, 0.6) is 5.75 Å². The number of halogens is 2. The highest BCUT2D eigenvalue weighted by atomic mass is 79.9. The van der Waals surface area contributed by atoms with Crippen LogP contribution >= 0.6 is 27.5 Å². The van der Waals surface area contributed by atoms with Crippen molar-refractivity contribution in [3.05, 3.63) is 57.5 Å². The first-order valence-electron chi connectivity index (χ1n) is 12.0. The van der Waals surface area contributed by atoms with E-state index in [1.54, 1.807) is 19.1 Å². The molecule has 2 aromatic rings. The molecule has 0 saturated heterocycles. The van der Waals surface area contributed by atoms with Crippen molar-refractivity contribution in [3.63, 3.8) is 0 Å². The maximum Gasteiger partial charge on any atom is 0.242 e. The Kier molecular flexibility index (Phi) is 11.7. The number of anilines is 1. The summed E-state index contributed by atoms with van der Waals surface area (Å²) in [6.07, 6.45) is 2.19. The van der Waals surface area contributed by atoms with Gasteiger partial charge >= 0.3 is 0 Å². The fraction of sp³-hybridized carbons (Fsp3) is 0.462. The highest BCUT2D eigenvalue weighted by Gasteiger charge is 2.27. The van der Waals surface area contributed by atoms with Gasteiger partial charge in [0.15, 0.2) is 0 Å². The van der Waals surface area contributed by atoms with E-state index in [2.05, 4.69) is 21.2 Å². The number of nitrogens with one attached hydrogen (secondary N) is 1. The Bertz CT molecular complexity index is 1190. The van der Waals surface area contributed by atoms with Crippen LogP contribution in [0.15, 0.2) is 46.9 Å². The lowest BCUT2D eigenvalue weighted by Gasteiger charge is -2.30. The first-order valence-corrected chi connectivity index (χ1v) is 15.0. The van der Waals surface area contributed by atoms with Gasteiger partial charge in [-0.1, -0.05) is 46.6 Å². The molecule has 0 bridgehead atoms. The number of hydrogen-bond donors (Lipinski definition) is 1. The summed E-state index contributed by atoms with van der Waals surface area (Å²) in [4.78, 5) is 27.8. The standard InChI is InChI=1S/C26H35BrClN3O5S/c1-6-18(2)29-26(33)19(3)30(17-20-9-7-10-21(27)15-20)25(32)11-8-14-31(37(5,34)35)22-12-13-24(36-4)23(28)16-22/h7,9-10,12-13,15-16,18-19H,6,8,11,14,17H2,1-5H3,(H,29,33)/t18-,19-/m1/s1. The molecule has 0 spiro atoms. The molecule has 2 amide bonds. The van der Waals surface area contributed by atoms with Gasteiger partial charge in [0.05, 0.1) is 24.1 Å². The fourth-order valence-corrected chi connectivity index (χ4v) is 5.35. The van der Waals surface area contributed by atoms with Gasteiger partial charge in [0, 0.05) is 30.0 Å². The summed E-state index contributed by atoms with van der Waals surface area (Å²) in [5.41, 5.74) is 1.25. The minimum Gasteiger partial charge on any atom is -0.495 e. The minimum atomic E-state index is -3.63. The summed E-state index contributed by atoms with van der Waals surface area (Å²) in [6.45, 7) is 5.91. The monoisotopic (exact) mass is 615 g/mol. The molecule has 11 heteroatoms. The number of carbonyl (C=O) groups excluding carboxylic acids is 2. The molecular formula is C26H35BrClN3O5S. The normalized spacial score (nSPS) is 12.9. The predicted molar refractivity (Wildman–Crippen MR) is 151 cm³/mol. The summed E-state index contributed by atoms with van der Waals surface area (Å²) in [5, 5.41) is 3.22. The number of sulfonamides is 1. The number of benzene rings is 2. The maximum atomic E-state index is 13.4. The molecule has 204 valence electrons. The number of ether oxygens (including phenoxy) is 1. The topological polar surface area (TPSA) is 96.0 Å². The van der Waals surface area contributed by atoms with E-state index >= 15 is 0 Å². The molecule has 0 unspecified atom stereocenters. The summed E-state index contributed by atoms with van der Waals surface area (Å²) in [5.74, 6) is -0.0433. The van der Waals surface area contributed by atoms with Crippen molar-refractivity contribution in [1.29, 1.82) is 0 Å². The van der Waals surface area contributed by atoms with Crippen LogP contribution < -0.4 is 14.4 Å². The Morgan fingerprint density at radius 1 is 1.16 bits per heavy atom. The lowest BCUT2D eigenvalue weighted by Crippen LogP contribution is -2.49. The van der Waals surface area contributed by atoms with Crippen LogP contribution in [0.25, 0.3) is 0 Å². The van der Waals surface area contributed by atoms with Gasteiger partial charge in [0.2, 0.25) is 21.8 Å². The number of carbonyl (C=O) groups is 2. The average Bonchev–Trinajstić information content (AvgIpc) is 2.83. The zero-order valence-electron chi connectivity index (χ0n) is 21.8. The van der Waals surface area contributed by atoms with Gasteiger partial charge in [-0.25, -0.2) is 8.42 Å². The third-order valence-corrected chi connectivity index (χ3v) is 7.97. The molecule has 0 aliphatic heterocycles. The quantitative estimate of drug-likeness (QED) is 0.342. The Morgan fingerprint density at radius 3 is 2.43 bits per heavy atom. The maximum absolute atomic E-state index is 13.4. The smallest absolute Gasteiger partial charge is 0.242 e. The number of amides is 2. The van der Waals surface area contributed by atoms with Crippen LogP contribution in [0.3, 0.4) is 0 Å². The van der Waals surface area contributed by atoms with Crippen LogP contribution in [0.1, 0.15) is 45.6 Å². The zero-order chi connectivity index (χ0) is 27.8. The van der Waals surface area contributed by atoms with Crippen molar-refractivity contribution in [2.24, 2.45) is 0 Å². The van der Waals surface area contributed by atoms with Gasteiger partial charge in [0.25, 0.3) is 0 Å². The van der Waals surface area contributed by atoms with Crippen LogP contribution in [0.2, 0.25) is 5.02 Å². The molecule has 2 aromatic carbocycles. The van der Waals surface area contributed by atoms with Gasteiger partial charge in [-0.05, 0) is 62.6 Å². The highest BCUT2D eigenvalue weighted by Crippen LogP contribution is 2.30. The average molecular weight is 617 g/mol. The van der Waals surface area contributed by atoms with E-state index in [0.717, 1.165) is 22.7 Å². The molecule has 1 N–H and O–H groups in total. The van der Waals surface area contributed by atoms with Crippen molar-refractivity contribution in [2.45, 2.75) is 58.7 Å². The van der Waals surface area contributed by atoms with Gasteiger partial charge in [-0.3, -0.25) is 13.9 Å². The van der Waals surface area contributed by atoms with Crippen molar-refractivity contribution in [3.8, 4) is 5.75 Å². The van der Waals surface area contributed by atoms with Crippen LogP contribution in [-0.2, 0) is 26.2 Å². The molecule has 37 heavy (non-hydrogen) atoms. The molecule has 0 aliphatic rings. The molecule has 0 aromatic heterocycles. The van der Waals surface area contributed by atoms with E-state index < -0.39 is 16.1 Å². The van der Waals surface area contributed by atoms with E-state index in [9.17, 15) is 18.0 Å². The lowest BCUT2D eigenvalue weighted by molar-refractivity contribution is -0.140. The van der Waals surface area contributed by atoms with Gasteiger partial charge in [-0.15, -0.1) is 0 Å². The summed E-state index contributed by atoms with van der Waals surface area (Å²) in [6, 6.07) is 11.6. The molecule has 0 fully saturated rings. The van der Waals surface area contributed by atoms with Crippen molar-refractivity contribution in [2.75, 3.05) is 24.2 Å². The second-order valence-corrected chi connectivity index (χ2v) is 12.1. The molecule has 0 radical (unpaired) electrons. The van der Waals surface area contributed by atoms with Crippen LogP contribution in [0.4, 0.5) is 5.69 Å². The van der Waals surface area contributed by atoms with Crippen LogP contribution in [-0.4, -0.2) is 57.1 Å². The Hall–Kier alpha value is -2.30. The van der Waals surface area contributed by atoms with Crippen molar-refractivity contribution < 1.29 is 22.7 Å². The first kappa shape index (κ1) is 30.9. The Balaban J connectivity index is 2.20. The summed E-state index contributed by atoms with van der Waals surface area (Å²) < 4.78 is 32.2. The van der Waals surface area contributed by atoms with Crippen molar-refractivity contribution >= 4 is 55.1 Å². The van der Waals surface area contributed by atoms with Crippen molar-refractivity contribution in [1.82, 2.24) is 10.2 Å². The molecule has 0 heterocycles. The number of nitrogens with zero attached hydrogens (tertiary/aromatic N) is 2. The third-order valence-electron chi connectivity index (χ3n) is 5.99. The Morgan fingerprint density at radius 2 is 1.86 bits per heavy atom. The fourth-order valence-electron chi connectivity index (χ4n) is 3.69. The molecular weight excluding hydrogens is 582 g/mol. The third kappa shape index (κ3) is 9.19. The minimum absolute atomic E-state index is 0.0163. The molecule has 2 rings (SSSR count). The Labute approximate surface area is 233 Å². The van der Waals surface area contributed by atoms with E-state index in [1.165, 1.54) is 22.4 Å². The highest BCUT2D eigenvalue weighted by molar-refractivity contribution is 9.10. The number of methoxy groups -OCH3 is 1. The van der Waals surface area contributed by atoms with Crippen LogP contribution in [0, 0.1) is 0 Å². The second kappa shape index (κ2) is 14.0. The predicted octanol–water partition coefficient (Wildman–Crippen LogP) is 4.99. The number of rotatable bonds is 13. The van der Waals surface area contributed by atoms with E-state index in [1.807, 2.05) is 38.1 Å². The molecule has 0 saturated carbocycles. The second-order valence-electron chi connectivity index (χ2n) is 8.90. The van der Waals surface area contributed by atoms with E-state index in [-0.39, 0.29) is 48.8 Å². The SMILES string of the molecule is CC[C@@H](C)NC(=O)[C@@H](C)N(Cc1cccc(Br)c1)C(=O)CCCN(c1ccc(OC)c(Cl)c1)S(C)(=O)=O. The first-order chi connectivity index (χ1) is 17.4. The van der Waals surface area contributed by atoms with E-state index in [0.29, 0.717) is 11.4 Å². The lowest BCUT2D eigenvalue weighted by atomic mass is 10.1. The van der Waals surface area contributed by atoms with E-state index in [4.69, 9.17) is 16.3 Å². The number of hydrogen-bond acceptors (Lipinski definition) is 5. The summed E-state index contributed by atoms with van der Waals surface area (Å²) >= 11 is 9.65. The largest absolute Gasteiger partial charge is 0.495 e. The van der Waals surface area contributed by atoms with Gasteiger partial charge in [0.1, 0.15) is 11.8 Å². The van der Waals surface area contributed by atoms with Gasteiger partial charge in [-0.2, -0.15) is 0 Å². The molecule has 8 nitrogen and oxygen atoms in total. The zero-order valence-corrected chi connectivity index (χ0v) is 25.0. The molecule has 0 aliphatic carbocycles. The van der Waals surface area contributed by atoms with Gasteiger partial charge < -0.3 is 15.0 Å².